The smallest absolute Gasteiger partial charge is 0.205 e. The number of benzene rings is 2. The van der Waals surface area contributed by atoms with E-state index in [-0.39, 0.29) is 18.5 Å². The van der Waals surface area contributed by atoms with Crippen LogP contribution in [0, 0.1) is 0 Å². The first-order valence-electron chi connectivity index (χ1n) is 6.41. The monoisotopic (exact) mass is 286 g/mol. The van der Waals surface area contributed by atoms with E-state index in [9.17, 15) is 4.79 Å². The number of ketones is 1. The number of para-hydroxylation sites is 1. The second-order valence-corrected chi connectivity index (χ2v) is 5.49. The van der Waals surface area contributed by atoms with Crippen LogP contribution in [-0.2, 0) is 4.74 Å². The first-order valence-corrected chi connectivity index (χ1v) is 6.78. The van der Waals surface area contributed by atoms with Gasteiger partial charge in [-0.3, -0.25) is 4.79 Å². The molecule has 1 fully saturated rings. The summed E-state index contributed by atoms with van der Waals surface area (Å²) in [6.07, 6.45) is -0.249. The van der Waals surface area contributed by atoms with Crippen LogP contribution in [0.15, 0.2) is 48.5 Å². The van der Waals surface area contributed by atoms with Gasteiger partial charge in [0.1, 0.15) is 18.5 Å². The van der Waals surface area contributed by atoms with E-state index in [1.165, 1.54) is 0 Å². The van der Waals surface area contributed by atoms with E-state index >= 15 is 0 Å². The van der Waals surface area contributed by atoms with Crippen molar-refractivity contribution in [2.75, 3.05) is 6.61 Å². The van der Waals surface area contributed by atoms with E-state index in [1.807, 2.05) is 24.3 Å². The van der Waals surface area contributed by atoms with Crippen molar-refractivity contribution in [1.29, 1.82) is 0 Å². The van der Waals surface area contributed by atoms with Crippen LogP contribution in [0.4, 0.5) is 0 Å². The van der Waals surface area contributed by atoms with Crippen molar-refractivity contribution in [3.63, 3.8) is 0 Å². The van der Waals surface area contributed by atoms with Gasteiger partial charge in [-0.1, -0.05) is 35.9 Å². The van der Waals surface area contributed by atoms with E-state index in [2.05, 4.69) is 0 Å². The third-order valence-corrected chi connectivity index (χ3v) is 4.08. The lowest BCUT2D eigenvalue weighted by molar-refractivity contribution is 0.0755. The molecule has 2 heterocycles. The summed E-state index contributed by atoms with van der Waals surface area (Å²) in [4.78, 5) is 12.6. The average molecular weight is 287 g/mol. The maximum absolute atomic E-state index is 12.6. The molecule has 0 amide bonds. The molecule has 2 atom stereocenters. The molecule has 0 radical (unpaired) electrons. The van der Waals surface area contributed by atoms with Crippen molar-refractivity contribution >= 4 is 17.4 Å². The summed E-state index contributed by atoms with van der Waals surface area (Å²) >= 11 is 5.88. The molecule has 2 aromatic rings. The van der Waals surface area contributed by atoms with Crippen LogP contribution in [0.2, 0.25) is 5.02 Å². The molecule has 2 aliphatic rings. The van der Waals surface area contributed by atoms with Crippen molar-refractivity contribution in [3.8, 4) is 5.75 Å². The summed E-state index contributed by atoms with van der Waals surface area (Å²) < 4.78 is 11.4. The fraction of sp³-hybridized carbons (Fsp3) is 0.188. The Labute approximate surface area is 121 Å². The minimum Gasteiger partial charge on any atom is -0.489 e. The van der Waals surface area contributed by atoms with E-state index < -0.39 is 5.60 Å². The topological polar surface area (TPSA) is 38.8 Å². The Morgan fingerprint density at radius 3 is 2.65 bits per heavy atom. The number of epoxide rings is 1. The SMILES string of the molecule is O=C1c2ccccc2OC[C@@]12O[C@H]2c1ccc(Cl)cc1. The Balaban J connectivity index is 1.69. The van der Waals surface area contributed by atoms with Crippen molar-refractivity contribution in [2.24, 2.45) is 0 Å². The van der Waals surface area contributed by atoms with E-state index in [0.29, 0.717) is 16.3 Å². The molecular weight excluding hydrogens is 276 g/mol. The van der Waals surface area contributed by atoms with Crippen LogP contribution in [0.5, 0.6) is 5.75 Å². The standard InChI is InChI=1S/C16H11ClO3/c17-11-7-5-10(6-8-11)15-16(20-15)9-19-13-4-2-1-3-12(13)14(16)18/h1-8,15H,9H2/t15-,16+/m0/s1. The number of hydrogen-bond acceptors (Lipinski definition) is 3. The highest BCUT2D eigenvalue weighted by molar-refractivity contribution is 6.30. The molecule has 0 bridgehead atoms. The molecule has 1 saturated heterocycles. The van der Waals surface area contributed by atoms with Gasteiger partial charge >= 0.3 is 0 Å². The Morgan fingerprint density at radius 2 is 1.85 bits per heavy atom. The molecule has 2 aromatic carbocycles. The maximum atomic E-state index is 12.6. The third kappa shape index (κ3) is 1.60. The van der Waals surface area contributed by atoms with Crippen LogP contribution in [0.3, 0.4) is 0 Å². The Hall–Kier alpha value is -1.84. The predicted molar refractivity (Wildman–Crippen MR) is 74.3 cm³/mol. The summed E-state index contributed by atoms with van der Waals surface area (Å²) in [5, 5.41) is 0.667. The number of Topliss-reactive ketones (excluding diaryl/α,β-unsaturated/α-hetero) is 1. The molecule has 0 saturated carbocycles. The van der Waals surface area contributed by atoms with Gasteiger partial charge in [0.05, 0.1) is 5.56 Å². The average Bonchev–Trinajstić information content (AvgIpc) is 3.20. The van der Waals surface area contributed by atoms with Gasteiger partial charge in [0.25, 0.3) is 0 Å². The number of ether oxygens (including phenoxy) is 2. The minimum atomic E-state index is -0.859. The molecule has 4 heteroatoms. The highest BCUT2D eigenvalue weighted by Gasteiger charge is 2.65. The number of rotatable bonds is 1. The largest absolute Gasteiger partial charge is 0.489 e. The van der Waals surface area contributed by atoms with Gasteiger partial charge in [0.15, 0.2) is 5.60 Å². The summed E-state index contributed by atoms with van der Waals surface area (Å²) in [6.45, 7) is 0.260. The van der Waals surface area contributed by atoms with Crippen LogP contribution in [-0.4, -0.2) is 18.0 Å². The predicted octanol–water partition coefficient (Wildman–Crippen LogP) is 3.43. The molecule has 0 aliphatic carbocycles. The summed E-state index contributed by atoms with van der Waals surface area (Å²) in [5.74, 6) is 0.632. The Morgan fingerprint density at radius 1 is 1.10 bits per heavy atom. The van der Waals surface area contributed by atoms with Gasteiger partial charge in [-0.2, -0.15) is 0 Å². The van der Waals surface area contributed by atoms with Crippen molar-refractivity contribution in [2.45, 2.75) is 11.7 Å². The fourth-order valence-electron chi connectivity index (χ4n) is 2.69. The van der Waals surface area contributed by atoms with Gasteiger partial charge in [-0.05, 0) is 29.8 Å². The highest BCUT2D eigenvalue weighted by atomic mass is 35.5. The molecule has 20 heavy (non-hydrogen) atoms. The van der Waals surface area contributed by atoms with Crippen molar-refractivity contribution in [3.05, 3.63) is 64.7 Å². The van der Waals surface area contributed by atoms with Gasteiger partial charge in [-0.15, -0.1) is 0 Å². The summed E-state index contributed by atoms with van der Waals surface area (Å²) in [5.41, 5.74) is 0.684. The zero-order valence-corrected chi connectivity index (χ0v) is 11.3. The lowest BCUT2D eigenvalue weighted by Gasteiger charge is -2.21. The van der Waals surface area contributed by atoms with E-state index in [4.69, 9.17) is 21.1 Å². The molecule has 1 spiro atoms. The zero-order chi connectivity index (χ0) is 13.7. The Kier molecular flexibility index (Phi) is 2.43. The Bertz CT molecular complexity index is 695. The summed E-state index contributed by atoms with van der Waals surface area (Å²) in [7, 11) is 0. The number of hydrogen-bond donors (Lipinski definition) is 0. The molecule has 0 unspecified atom stereocenters. The van der Waals surface area contributed by atoms with Gasteiger partial charge < -0.3 is 9.47 Å². The first kappa shape index (κ1) is 11.9. The van der Waals surface area contributed by atoms with E-state index in [0.717, 1.165) is 5.56 Å². The van der Waals surface area contributed by atoms with Crippen molar-refractivity contribution in [1.82, 2.24) is 0 Å². The number of carbonyl (C=O) groups is 1. The second kappa shape index (κ2) is 4.08. The lowest BCUT2D eigenvalue weighted by Crippen LogP contribution is -2.37. The molecule has 0 aromatic heterocycles. The van der Waals surface area contributed by atoms with E-state index in [1.54, 1.807) is 24.3 Å². The van der Waals surface area contributed by atoms with Crippen LogP contribution >= 0.6 is 11.6 Å². The van der Waals surface area contributed by atoms with Gasteiger partial charge in [0.2, 0.25) is 5.78 Å². The molecule has 100 valence electrons. The number of halogens is 1. The van der Waals surface area contributed by atoms with Crippen molar-refractivity contribution < 1.29 is 14.3 Å². The summed E-state index contributed by atoms with van der Waals surface area (Å²) in [6, 6.07) is 14.6. The molecule has 3 nitrogen and oxygen atoms in total. The molecule has 2 aliphatic heterocycles. The van der Waals surface area contributed by atoms with Crippen LogP contribution < -0.4 is 4.74 Å². The fourth-order valence-corrected chi connectivity index (χ4v) is 2.82. The number of carbonyl (C=O) groups excluding carboxylic acids is 1. The highest BCUT2D eigenvalue weighted by Crippen LogP contribution is 2.54. The quantitative estimate of drug-likeness (QED) is 0.754. The molecular formula is C16H11ClO3. The number of fused-ring (bicyclic) bond motifs is 1. The molecule has 0 N–H and O–H groups in total. The van der Waals surface area contributed by atoms with Gasteiger partial charge in [0, 0.05) is 5.02 Å². The third-order valence-electron chi connectivity index (χ3n) is 3.83. The lowest BCUT2D eigenvalue weighted by atomic mass is 9.89. The van der Waals surface area contributed by atoms with Gasteiger partial charge in [-0.25, -0.2) is 0 Å². The van der Waals surface area contributed by atoms with Crippen LogP contribution in [0.1, 0.15) is 22.0 Å². The normalized spacial score (nSPS) is 27.1. The second-order valence-electron chi connectivity index (χ2n) is 5.05. The molecule has 4 rings (SSSR count). The first-order chi connectivity index (χ1) is 9.71. The van der Waals surface area contributed by atoms with Crippen LogP contribution in [0.25, 0.3) is 0 Å². The zero-order valence-electron chi connectivity index (χ0n) is 10.5. The minimum absolute atomic E-state index is 0.000648. The maximum Gasteiger partial charge on any atom is 0.205 e.